The van der Waals surface area contributed by atoms with Crippen LogP contribution in [-0.4, -0.2) is 31.7 Å². The first-order valence-corrected chi connectivity index (χ1v) is 6.37. The molecule has 1 aliphatic rings. The highest BCUT2D eigenvalue weighted by Gasteiger charge is 2.20. The third-order valence-corrected chi connectivity index (χ3v) is 3.03. The summed E-state index contributed by atoms with van der Waals surface area (Å²) in [7, 11) is 0. The highest BCUT2D eigenvalue weighted by atomic mass is 19.3. The molecule has 1 saturated heterocycles. The van der Waals surface area contributed by atoms with Gasteiger partial charge in [0.05, 0.1) is 12.1 Å². The fourth-order valence-corrected chi connectivity index (χ4v) is 2.08. The van der Waals surface area contributed by atoms with Crippen molar-refractivity contribution in [2.75, 3.05) is 13.2 Å². The lowest BCUT2D eigenvalue weighted by Crippen LogP contribution is -2.36. The number of halogens is 2. The van der Waals surface area contributed by atoms with E-state index in [-0.39, 0.29) is 0 Å². The Kier molecular flexibility index (Phi) is 6.88. The summed E-state index contributed by atoms with van der Waals surface area (Å²) in [6.07, 6.45) is 3.50. The third kappa shape index (κ3) is 5.21. The van der Waals surface area contributed by atoms with Crippen LogP contribution < -0.4 is 5.32 Å². The normalized spacial score (nSPS) is 22.9. The molecule has 1 heterocycles. The van der Waals surface area contributed by atoms with E-state index in [1.54, 1.807) is 0 Å². The summed E-state index contributed by atoms with van der Waals surface area (Å²) in [4.78, 5) is 0. The molecule has 0 amide bonds. The van der Waals surface area contributed by atoms with Gasteiger partial charge in [-0.15, -0.1) is 0 Å². The fourth-order valence-electron chi connectivity index (χ4n) is 2.08. The molecule has 4 heteroatoms. The fraction of sp³-hybridized carbons (Fsp3) is 1.00. The Bertz CT molecular complexity index is 172. The molecule has 2 nitrogen and oxygen atoms in total. The molecule has 0 aromatic rings. The van der Waals surface area contributed by atoms with Crippen LogP contribution in [0.1, 0.15) is 45.4 Å². The van der Waals surface area contributed by atoms with Gasteiger partial charge in [-0.2, -0.15) is 0 Å². The van der Waals surface area contributed by atoms with E-state index < -0.39 is 12.5 Å². The minimum absolute atomic E-state index is 0.324. The Morgan fingerprint density at radius 3 is 2.81 bits per heavy atom. The lowest BCUT2D eigenvalue weighted by molar-refractivity contribution is 0.0808. The molecule has 1 aliphatic heterocycles. The Labute approximate surface area is 96.7 Å². The predicted molar refractivity (Wildman–Crippen MR) is 60.9 cm³/mol. The van der Waals surface area contributed by atoms with Gasteiger partial charge < -0.3 is 10.1 Å². The number of nitrogens with one attached hydrogen (secondary N) is 1. The second-order valence-electron chi connectivity index (χ2n) is 4.46. The van der Waals surface area contributed by atoms with Gasteiger partial charge in [-0.3, -0.25) is 0 Å². The molecule has 0 aromatic carbocycles. The molecular weight excluding hydrogens is 212 g/mol. The van der Waals surface area contributed by atoms with Crippen LogP contribution in [0.3, 0.4) is 0 Å². The molecule has 0 spiro atoms. The van der Waals surface area contributed by atoms with E-state index in [1.807, 2.05) is 6.92 Å². The molecule has 0 saturated carbocycles. The maximum Gasteiger partial charge on any atom is 0.253 e. The number of alkyl halides is 2. The summed E-state index contributed by atoms with van der Waals surface area (Å²) < 4.78 is 30.7. The molecule has 0 aliphatic carbocycles. The largest absolute Gasteiger partial charge is 0.378 e. The maximum atomic E-state index is 12.6. The van der Waals surface area contributed by atoms with Gasteiger partial charge in [-0.25, -0.2) is 8.78 Å². The van der Waals surface area contributed by atoms with Crippen molar-refractivity contribution in [3.63, 3.8) is 0 Å². The summed E-state index contributed by atoms with van der Waals surface area (Å²) in [6.45, 7) is 3.51. The predicted octanol–water partition coefficient (Wildman–Crippen LogP) is 2.97. The number of ether oxygens (including phenoxy) is 1. The van der Waals surface area contributed by atoms with Gasteiger partial charge in [0.1, 0.15) is 0 Å². The molecule has 2 unspecified atom stereocenters. The quantitative estimate of drug-likeness (QED) is 0.698. The average molecular weight is 235 g/mol. The number of hydrogen-bond donors (Lipinski definition) is 1. The van der Waals surface area contributed by atoms with Crippen LogP contribution in [0, 0.1) is 0 Å². The van der Waals surface area contributed by atoms with Crippen LogP contribution >= 0.6 is 0 Å². The van der Waals surface area contributed by atoms with E-state index in [0.717, 1.165) is 38.7 Å². The van der Waals surface area contributed by atoms with Gasteiger partial charge in [-0.05, 0) is 45.1 Å². The molecule has 0 radical (unpaired) electrons. The van der Waals surface area contributed by atoms with Crippen molar-refractivity contribution in [3.8, 4) is 0 Å². The SMILES string of the molecule is CCCNC(CCCC1CCCO1)C(F)F. The van der Waals surface area contributed by atoms with Crippen molar-refractivity contribution in [2.24, 2.45) is 0 Å². The van der Waals surface area contributed by atoms with Gasteiger partial charge in [-0.1, -0.05) is 6.92 Å². The summed E-state index contributed by atoms with van der Waals surface area (Å²) >= 11 is 0. The van der Waals surface area contributed by atoms with Crippen molar-refractivity contribution in [3.05, 3.63) is 0 Å². The Hall–Kier alpha value is -0.220. The summed E-state index contributed by atoms with van der Waals surface area (Å²) in [5.41, 5.74) is 0. The standard InChI is InChI=1S/C12H23F2NO/c1-2-8-15-11(12(13)14)7-3-5-10-6-4-9-16-10/h10-12,15H,2-9H2,1H3. The van der Waals surface area contributed by atoms with Gasteiger partial charge in [0, 0.05) is 6.61 Å². The molecule has 16 heavy (non-hydrogen) atoms. The lowest BCUT2D eigenvalue weighted by atomic mass is 10.1. The van der Waals surface area contributed by atoms with Crippen LogP contribution in [0.25, 0.3) is 0 Å². The molecule has 0 bridgehead atoms. The van der Waals surface area contributed by atoms with Crippen molar-refractivity contribution >= 4 is 0 Å². The first-order valence-electron chi connectivity index (χ1n) is 6.37. The zero-order valence-corrected chi connectivity index (χ0v) is 10.1. The maximum absolute atomic E-state index is 12.6. The van der Waals surface area contributed by atoms with Gasteiger partial charge in [0.15, 0.2) is 0 Å². The zero-order valence-electron chi connectivity index (χ0n) is 10.1. The van der Waals surface area contributed by atoms with Crippen molar-refractivity contribution in [1.29, 1.82) is 0 Å². The minimum Gasteiger partial charge on any atom is -0.378 e. The minimum atomic E-state index is -2.25. The van der Waals surface area contributed by atoms with Crippen LogP contribution in [0.5, 0.6) is 0 Å². The van der Waals surface area contributed by atoms with Gasteiger partial charge in [0.25, 0.3) is 6.43 Å². The lowest BCUT2D eigenvalue weighted by Gasteiger charge is -2.18. The van der Waals surface area contributed by atoms with E-state index in [9.17, 15) is 8.78 Å². The smallest absolute Gasteiger partial charge is 0.253 e. The van der Waals surface area contributed by atoms with Crippen molar-refractivity contribution in [2.45, 2.75) is 64.0 Å². The number of rotatable bonds is 8. The molecular formula is C12H23F2NO. The first-order chi connectivity index (χ1) is 7.74. The molecule has 1 rings (SSSR count). The zero-order chi connectivity index (χ0) is 11.8. The van der Waals surface area contributed by atoms with E-state index in [0.29, 0.717) is 19.1 Å². The van der Waals surface area contributed by atoms with Crippen molar-refractivity contribution < 1.29 is 13.5 Å². The molecule has 2 atom stereocenters. The monoisotopic (exact) mass is 235 g/mol. The second kappa shape index (κ2) is 7.96. The number of hydrogen-bond acceptors (Lipinski definition) is 2. The van der Waals surface area contributed by atoms with Crippen LogP contribution in [0.15, 0.2) is 0 Å². The topological polar surface area (TPSA) is 21.3 Å². The Morgan fingerprint density at radius 2 is 2.25 bits per heavy atom. The Balaban J connectivity index is 2.10. The second-order valence-corrected chi connectivity index (χ2v) is 4.46. The third-order valence-electron chi connectivity index (χ3n) is 3.03. The van der Waals surface area contributed by atoms with Crippen LogP contribution in [0.2, 0.25) is 0 Å². The van der Waals surface area contributed by atoms with E-state index >= 15 is 0 Å². The average Bonchev–Trinajstić information content (AvgIpc) is 2.75. The van der Waals surface area contributed by atoms with E-state index in [1.165, 1.54) is 0 Å². The molecule has 0 aromatic heterocycles. The highest BCUT2D eigenvalue weighted by molar-refractivity contribution is 4.71. The first kappa shape index (κ1) is 13.8. The van der Waals surface area contributed by atoms with Crippen molar-refractivity contribution in [1.82, 2.24) is 5.32 Å². The van der Waals surface area contributed by atoms with E-state index in [2.05, 4.69) is 5.32 Å². The molecule has 1 N–H and O–H groups in total. The van der Waals surface area contributed by atoms with Gasteiger partial charge >= 0.3 is 0 Å². The summed E-state index contributed by atoms with van der Waals surface area (Å²) in [5, 5.41) is 2.90. The summed E-state index contributed by atoms with van der Waals surface area (Å²) in [6, 6.07) is -0.638. The molecule has 96 valence electrons. The molecule has 1 fully saturated rings. The Morgan fingerprint density at radius 1 is 1.44 bits per heavy atom. The summed E-state index contributed by atoms with van der Waals surface area (Å²) in [5.74, 6) is 0. The van der Waals surface area contributed by atoms with E-state index in [4.69, 9.17) is 4.74 Å². The van der Waals surface area contributed by atoms with Crippen LogP contribution in [-0.2, 0) is 4.74 Å². The van der Waals surface area contributed by atoms with Gasteiger partial charge in [0.2, 0.25) is 0 Å². The van der Waals surface area contributed by atoms with Crippen LogP contribution in [0.4, 0.5) is 8.78 Å². The highest BCUT2D eigenvalue weighted by Crippen LogP contribution is 2.19.